The highest BCUT2D eigenvalue weighted by Crippen LogP contribution is 2.20. The van der Waals surface area contributed by atoms with Crippen LogP contribution in [-0.2, 0) is 9.59 Å². The van der Waals surface area contributed by atoms with Crippen LogP contribution < -0.4 is 5.32 Å². The molecule has 0 amide bonds. The lowest BCUT2D eigenvalue weighted by atomic mass is 9.94. The first-order valence-electron chi connectivity index (χ1n) is 7.04. The lowest BCUT2D eigenvalue weighted by molar-refractivity contribution is -0.142. The van der Waals surface area contributed by atoms with Crippen molar-refractivity contribution in [3.63, 3.8) is 0 Å². The maximum absolute atomic E-state index is 11.5. The number of carbonyl (C=O) groups is 2. The highest BCUT2D eigenvalue weighted by molar-refractivity contribution is 5.78. The molecule has 0 aliphatic rings. The molecule has 2 unspecified atom stereocenters. The molecule has 1 rings (SSSR count). The minimum absolute atomic E-state index is 0.0439. The van der Waals surface area contributed by atoms with Gasteiger partial charge in [0.2, 0.25) is 0 Å². The molecule has 3 N–H and O–H groups in total. The Balaban J connectivity index is 2.92. The fourth-order valence-corrected chi connectivity index (χ4v) is 2.24. The predicted octanol–water partition coefficient (Wildman–Crippen LogP) is 1.82. The summed E-state index contributed by atoms with van der Waals surface area (Å²) in [6.07, 6.45) is 0.404. The number of nitriles is 1. The molecule has 1 aromatic carbocycles. The van der Waals surface area contributed by atoms with Gasteiger partial charge in [0.15, 0.2) is 0 Å². The lowest BCUT2D eigenvalue weighted by Crippen LogP contribution is -2.41. The zero-order chi connectivity index (χ0) is 16.7. The Kier molecular flexibility index (Phi) is 6.54. The van der Waals surface area contributed by atoms with Crippen molar-refractivity contribution < 1.29 is 19.8 Å². The summed E-state index contributed by atoms with van der Waals surface area (Å²) < 4.78 is 0. The van der Waals surface area contributed by atoms with E-state index in [2.05, 4.69) is 5.32 Å². The van der Waals surface area contributed by atoms with Gasteiger partial charge in [-0.15, -0.1) is 0 Å². The third-order valence-electron chi connectivity index (χ3n) is 3.33. The Morgan fingerprint density at radius 3 is 2.36 bits per heavy atom. The van der Waals surface area contributed by atoms with Crippen molar-refractivity contribution >= 4 is 11.9 Å². The summed E-state index contributed by atoms with van der Waals surface area (Å²) in [5.41, 5.74) is 0.672. The summed E-state index contributed by atoms with van der Waals surface area (Å²) in [6, 6.07) is 7.61. The molecule has 1 aromatic rings. The van der Waals surface area contributed by atoms with Gasteiger partial charge >= 0.3 is 11.9 Å². The number of rotatable bonds is 8. The molecule has 118 valence electrons. The number of carboxylic acids is 2. The Morgan fingerprint density at radius 2 is 1.86 bits per heavy atom. The number of nitrogens with zero attached hydrogens (tertiary/aromatic N) is 1. The minimum atomic E-state index is -1.09. The van der Waals surface area contributed by atoms with Crippen LogP contribution in [0.1, 0.15) is 37.3 Å². The number of nitrogens with one attached hydrogen (secondary N) is 1. The summed E-state index contributed by atoms with van der Waals surface area (Å²) >= 11 is 0. The van der Waals surface area contributed by atoms with E-state index in [-0.39, 0.29) is 18.0 Å². The van der Waals surface area contributed by atoms with E-state index in [1.165, 1.54) is 0 Å². The van der Waals surface area contributed by atoms with Gasteiger partial charge in [-0.2, -0.15) is 5.26 Å². The van der Waals surface area contributed by atoms with Crippen LogP contribution in [0.5, 0.6) is 0 Å². The van der Waals surface area contributed by atoms with Crippen molar-refractivity contribution in [2.24, 2.45) is 5.92 Å². The highest BCUT2D eigenvalue weighted by atomic mass is 16.4. The van der Waals surface area contributed by atoms with Gasteiger partial charge in [-0.3, -0.25) is 9.59 Å². The van der Waals surface area contributed by atoms with E-state index >= 15 is 0 Å². The van der Waals surface area contributed by atoms with E-state index in [0.29, 0.717) is 12.0 Å². The second kappa shape index (κ2) is 8.15. The van der Waals surface area contributed by atoms with Gasteiger partial charge in [-0.25, -0.2) is 0 Å². The molecule has 6 heteroatoms. The van der Waals surface area contributed by atoms with Gasteiger partial charge < -0.3 is 15.5 Å². The van der Waals surface area contributed by atoms with Crippen LogP contribution in [0, 0.1) is 17.2 Å². The summed E-state index contributed by atoms with van der Waals surface area (Å²) in [5, 5.41) is 30.4. The Labute approximate surface area is 129 Å². The zero-order valence-electron chi connectivity index (χ0n) is 12.6. The highest BCUT2D eigenvalue weighted by Gasteiger charge is 2.26. The average molecular weight is 304 g/mol. The van der Waals surface area contributed by atoms with Crippen LogP contribution in [0.3, 0.4) is 0 Å². The molecule has 0 aliphatic heterocycles. The van der Waals surface area contributed by atoms with Crippen LogP contribution in [0.15, 0.2) is 24.3 Å². The van der Waals surface area contributed by atoms with E-state index in [1.807, 2.05) is 19.9 Å². The molecule has 0 heterocycles. The second-order valence-corrected chi connectivity index (χ2v) is 5.52. The van der Waals surface area contributed by atoms with Crippen LogP contribution >= 0.6 is 0 Å². The van der Waals surface area contributed by atoms with E-state index in [4.69, 9.17) is 5.26 Å². The third kappa shape index (κ3) is 4.86. The van der Waals surface area contributed by atoms with Gasteiger partial charge in [-0.1, -0.05) is 32.0 Å². The summed E-state index contributed by atoms with van der Waals surface area (Å²) in [7, 11) is 0. The van der Waals surface area contributed by atoms with Crippen LogP contribution in [-0.4, -0.2) is 34.7 Å². The normalized spacial score (nSPS) is 13.4. The van der Waals surface area contributed by atoms with Gasteiger partial charge in [-0.05, 0) is 24.0 Å². The van der Waals surface area contributed by atoms with E-state index < -0.39 is 23.9 Å². The molecule has 0 radical (unpaired) electrons. The van der Waals surface area contributed by atoms with Gasteiger partial charge in [0.25, 0.3) is 0 Å². The smallest absolute Gasteiger partial charge is 0.320 e. The van der Waals surface area contributed by atoms with Crippen molar-refractivity contribution in [1.29, 1.82) is 5.26 Å². The predicted molar refractivity (Wildman–Crippen MR) is 80.4 cm³/mol. The fraction of sp³-hybridized carbons (Fsp3) is 0.438. The number of aliphatic carboxylic acids is 2. The molecule has 0 saturated carbocycles. The molecule has 0 spiro atoms. The summed E-state index contributed by atoms with van der Waals surface area (Å²) in [6.45, 7) is 3.76. The van der Waals surface area contributed by atoms with Crippen LogP contribution in [0.25, 0.3) is 0 Å². The number of benzene rings is 1. The van der Waals surface area contributed by atoms with Crippen LogP contribution in [0.4, 0.5) is 0 Å². The van der Waals surface area contributed by atoms with Crippen molar-refractivity contribution in [2.45, 2.75) is 32.2 Å². The zero-order valence-corrected chi connectivity index (χ0v) is 12.6. The van der Waals surface area contributed by atoms with Gasteiger partial charge in [0, 0.05) is 6.54 Å². The standard InChI is InChI=1S/C16H20N2O4/c1-10(2)7-14(16(21)22)18-9-13(15(19)20)12-6-4-3-5-11(12)8-17/h3-6,10,13-14,18H,7,9H2,1-2H3,(H,19,20)(H,21,22). The molecule has 6 nitrogen and oxygen atoms in total. The number of carboxylic acid groups (broad SMARTS) is 2. The molecule has 0 saturated heterocycles. The summed E-state index contributed by atoms with van der Waals surface area (Å²) in [4.78, 5) is 22.7. The lowest BCUT2D eigenvalue weighted by Gasteiger charge is -2.20. The summed E-state index contributed by atoms with van der Waals surface area (Å²) in [5.74, 6) is -2.90. The average Bonchev–Trinajstić information content (AvgIpc) is 2.45. The second-order valence-electron chi connectivity index (χ2n) is 5.52. The Morgan fingerprint density at radius 1 is 1.23 bits per heavy atom. The molecule has 0 aromatic heterocycles. The molecule has 0 bridgehead atoms. The van der Waals surface area contributed by atoms with E-state index in [1.54, 1.807) is 24.3 Å². The third-order valence-corrected chi connectivity index (χ3v) is 3.33. The number of hydrogen-bond acceptors (Lipinski definition) is 4. The van der Waals surface area contributed by atoms with E-state index in [0.717, 1.165) is 0 Å². The van der Waals surface area contributed by atoms with Crippen molar-refractivity contribution in [3.8, 4) is 6.07 Å². The molecule has 22 heavy (non-hydrogen) atoms. The molecule has 0 aliphatic carbocycles. The number of hydrogen-bond donors (Lipinski definition) is 3. The first-order chi connectivity index (χ1) is 10.4. The minimum Gasteiger partial charge on any atom is -0.481 e. The first kappa shape index (κ1) is 17.7. The molecular formula is C16H20N2O4. The maximum atomic E-state index is 11.5. The quantitative estimate of drug-likeness (QED) is 0.675. The topological polar surface area (TPSA) is 110 Å². The molecular weight excluding hydrogens is 284 g/mol. The van der Waals surface area contributed by atoms with Gasteiger partial charge in [0.05, 0.1) is 17.6 Å². The first-order valence-corrected chi connectivity index (χ1v) is 7.04. The van der Waals surface area contributed by atoms with Crippen molar-refractivity contribution in [3.05, 3.63) is 35.4 Å². The Bertz CT molecular complexity index is 578. The SMILES string of the molecule is CC(C)CC(NCC(C(=O)O)c1ccccc1C#N)C(=O)O. The largest absolute Gasteiger partial charge is 0.481 e. The fourth-order valence-electron chi connectivity index (χ4n) is 2.24. The molecule has 2 atom stereocenters. The van der Waals surface area contributed by atoms with Gasteiger partial charge in [0.1, 0.15) is 6.04 Å². The van der Waals surface area contributed by atoms with Crippen LogP contribution in [0.2, 0.25) is 0 Å². The monoisotopic (exact) mass is 304 g/mol. The van der Waals surface area contributed by atoms with E-state index in [9.17, 15) is 19.8 Å². The van der Waals surface area contributed by atoms with Crippen molar-refractivity contribution in [1.82, 2.24) is 5.32 Å². The maximum Gasteiger partial charge on any atom is 0.320 e. The van der Waals surface area contributed by atoms with Crippen molar-refractivity contribution in [2.75, 3.05) is 6.54 Å². The molecule has 0 fully saturated rings. The Hall–Kier alpha value is -2.39.